The molecule has 2 N–H and O–H groups in total. The van der Waals surface area contributed by atoms with E-state index in [9.17, 15) is 13.2 Å². The van der Waals surface area contributed by atoms with E-state index in [1.54, 1.807) is 41.7 Å². The second-order valence-electron chi connectivity index (χ2n) is 6.81. The van der Waals surface area contributed by atoms with Gasteiger partial charge in [-0.3, -0.25) is 9.52 Å². The summed E-state index contributed by atoms with van der Waals surface area (Å²) in [6.07, 6.45) is 1.52. The monoisotopic (exact) mass is 449 g/mol. The van der Waals surface area contributed by atoms with Crippen LogP contribution in [0.15, 0.2) is 78.2 Å². The van der Waals surface area contributed by atoms with Gasteiger partial charge in [0.1, 0.15) is 0 Å². The van der Waals surface area contributed by atoms with Crippen molar-refractivity contribution in [3.8, 4) is 0 Å². The fourth-order valence-corrected chi connectivity index (χ4v) is 4.68. The zero-order chi connectivity index (χ0) is 21.8. The third-order valence-corrected chi connectivity index (χ3v) is 6.35. The van der Waals surface area contributed by atoms with Gasteiger partial charge in [-0.2, -0.15) is 0 Å². The molecule has 0 atom stereocenters. The zero-order valence-electron chi connectivity index (χ0n) is 16.6. The molecule has 4 aromatic rings. The van der Waals surface area contributed by atoms with Crippen LogP contribution in [0.3, 0.4) is 0 Å². The molecular formula is C23H19N3O3S2. The Balaban J connectivity index is 1.42. The first-order valence-electron chi connectivity index (χ1n) is 9.42. The number of carbonyl (C=O) groups excluding carboxylic acids is 1. The Morgan fingerprint density at radius 1 is 0.968 bits per heavy atom. The second kappa shape index (κ2) is 8.71. The lowest BCUT2D eigenvalue weighted by Gasteiger charge is -2.07. The van der Waals surface area contributed by atoms with Crippen molar-refractivity contribution in [2.45, 2.75) is 6.92 Å². The van der Waals surface area contributed by atoms with Crippen molar-refractivity contribution < 1.29 is 13.2 Å². The molecule has 1 heterocycles. The quantitative estimate of drug-likeness (QED) is 0.420. The third-order valence-electron chi connectivity index (χ3n) is 4.40. The number of carbonyl (C=O) groups is 1. The summed E-state index contributed by atoms with van der Waals surface area (Å²) in [6, 6.07) is 21.0. The lowest BCUT2D eigenvalue weighted by molar-refractivity contribution is 0.102. The zero-order valence-corrected chi connectivity index (χ0v) is 18.2. The smallest absolute Gasteiger partial charge is 0.255 e. The van der Waals surface area contributed by atoms with E-state index in [0.29, 0.717) is 16.9 Å². The number of benzene rings is 3. The standard InChI is InChI=1S/C23H19N3O3S2/c1-16-24-21-12-11-20(15-22(21)30-16)25-23(27)18-7-9-19(10-8-18)26-31(28,29)14-13-17-5-3-2-4-6-17/h2-15,26H,1H3,(H,25,27)/b14-13+. The highest BCUT2D eigenvalue weighted by molar-refractivity contribution is 7.95. The van der Waals surface area contributed by atoms with Crippen LogP contribution in [0.25, 0.3) is 16.3 Å². The summed E-state index contributed by atoms with van der Waals surface area (Å²) in [5.74, 6) is -0.279. The maximum Gasteiger partial charge on any atom is 0.255 e. The van der Waals surface area contributed by atoms with Gasteiger partial charge in [-0.15, -0.1) is 11.3 Å². The first-order chi connectivity index (χ1) is 14.9. The summed E-state index contributed by atoms with van der Waals surface area (Å²) in [6.45, 7) is 1.94. The van der Waals surface area contributed by atoms with E-state index in [1.807, 2.05) is 49.4 Å². The average Bonchev–Trinajstić information content (AvgIpc) is 3.12. The SMILES string of the molecule is Cc1nc2ccc(NC(=O)c3ccc(NS(=O)(=O)/C=C/c4ccccc4)cc3)cc2s1. The van der Waals surface area contributed by atoms with Crippen molar-refractivity contribution in [2.24, 2.45) is 0 Å². The number of nitrogens with one attached hydrogen (secondary N) is 2. The maximum atomic E-state index is 12.5. The summed E-state index contributed by atoms with van der Waals surface area (Å²) >= 11 is 1.57. The molecule has 0 unspecified atom stereocenters. The van der Waals surface area contributed by atoms with Gasteiger partial charge in [0.15, 0.2) is 0 Å². The van der Waals surface area contributed by atoms with Crippen molar-refractivity contribution in [3.05, 3.63) is 94.3 Å². The van der Waals surface area contributed by atoms with Gasteiger partial charge < -0.3 is 5.32 Å². The first-order valence-corrected chi connectivity index (χ1v) is 11.8. The van der Waals surface area contributed by atoms with Crippen LogP contribution in [-0.4, -0.2) is 19.3 Å². The molecule has 1 aromatic heterocycles. The minimum Gasteiger partial charge on any atom is -0.322 e. The Morgan fingerprint density at radius 3 is 2.42 bits per heavy atom. The lowest BCUT2D eigenvalue weighted by atomic mass is 10.2. The van der Waals surface area contributed by atoms with Crippen LogP contribution < -0.4 is 10.0 Å². The molecule has 31 heavy (non-hydrogen) atoms. The molecule has 0 spiro atoms. The molecule has 0 saturated carbocycles. The minimum atomic E-state index is -3.67. The van der Waals surface area contributed by atoms with Crippen LogP contribution in [0.5, 0.6) is 0 Å². The summed E-state index contributed by atoms with van der Waals surface area (Å²) in [5.41, 5.74) is 3.15. The van der Waals surface area contributed by atoms with Crippen LogP contribution >= 0.6 is 11.3 Å². The Hall–Kier alpha value is -3.49. The van der Waals surface area contributed by atoms with Gasteiger partial charge in [0.25, 0.3) is 15.9 Å². The van der Waals surface area contributed by atoms with Crippen molar-refractivity contribution in [2.75, 3.05) is 10.0 Å². The molecule has 0 aliphatic carbocycles. The highest BCUT2D eigenvalue weighted by Gasteiger charge is 2.10. The van der Waals surface area contributed by atoms with Crippen molar-refractivity contribution in [1.82, 2.24) is 4.98 Å². The van der Waals surface area contributed by atoms with Gasteiger partial charge in [0.2, 0.25) is 0 Å². The highest BCUT2D eigenvalue weighted by Crippen LogP contribution is 2.25. The number of sulfonamides is 1. The van der Waals surface area contributed by atoms with Crippen LogP contribution in [0.1, 0.15) is 20.9 Å². The molecule has 0 aliphatic heterocycles. The molecule has 1 amide bonds. The lowest BCUT2D eigenvalue weighted by Crippen LogP contribution is -2.12. The number of thiazole rings is 1. The van der Waals surface area contributed by atoms with Gasteiger partial charge in [-0.05, 0) is 61.0 Å². The van der Waals surface area contributed by atoms with Gasteiger partial charge in [-0.1, -0.05) is 30.3 Å². The number of nitrogens with zero attached hydrogens (tertiary/aromatic N) is 1. The molecule has 6 nitrogen and oxygen atoms in total. The van der Waals surface area contributed by atoms with Gasteiger partial charge in [0, 0.05) is 16.9 Å². The molecule has 0 saturated heterocycles. The van der Waals surface area contributed by atoms with Gasteiger partial charge >= 0.3 is 0 Å². The van der Waals surface area contributed by atoms with E-state index in [-0.39, 0.29) is 5.91 Å². The number of hydrogen-bond donors (Lipinski definition) is 2. The topological polar surface area (TPSA) is 88.2 Å². The Morgan fingerprint density at radius 2 is 1.68 bits per heavy atom. The summed E-state index contributed by atoms with van der Waals surface area (Å²) in [5, 5.41) is 4.93. The van der Waals surface area contributed by atoms with Crippen molar-refractivity contribution in [1.29, 1.82) is 0 Å². The van der Waals surface area contributed by atoms with Gasteiger partial charge in [0.05, 0.1) is 20.6 Å². The molecule has 3 aromatic carbocycles. The van der Waals surface area contributed by atoms with Crippen LogP contribution in [0, 0.1) is 6.92 Å². The van der Waals surface area contributed by atoms with Crippen molar-refractivity contribution >= 4 is 54.9 Å². The number of rotatable bonds is 6. The number of hydrogen-bond acceptors (Lipinski definition) is 5. The van der Waals surface area contributed by atoms with Gasteiger partial charge in [-0.25, -0.2) is 13.4 Å². The molecule has 0 bridgehead atoms. The second-order valence-corrected chi connectivity index (χ2v) is 9.61. The first kappa shape index (κ1) is 20.8. The largest absolute Gasteiger partial charge is 0.322 e. The predicted molar refractivity (Wildman–Crippen MR) is 127 cm³/mol. The van der Waals surface area contributed by atoms with E-state index in [2.05, 4.69) is 15.0 Å². The molecular weight excluding hydrogens is 430 g/mol. The number of anilines is 2. The van der Waals surface area contributed by atoms with Crippen LogP contribution in [-0.2, 0) is 10.0 Å². The molecule has 156 valence electrons. The predicted octanol–water partition coefficient (Wildman–Crippen LogP) is 5.27. The summed E-state index contributed by atoms with van der Waals surface area (Å²) in [4.78, 5) is 16.9. The highest BCUT2D eigenvalue weighted by atomic mass is 32.2. The molecule has 0 aliphatic rings. The Bertz CT molecular complexity index is 1360. The number of aryl methyl sites for hydroxylation is 1. The molecule has 0 fully saturated rings. The number of fused-ring (bicyclic) bond motifs is 1. The Labute approximate surface area is 184 Å². The molecule has 4 rings (SSSR count). The van der Waals surface area contributed by atoms with E-state index in [4.69, 9.17) is 0 Å². The van der Waals surface area contributed by atoms with E-state index in [1.165, 1.54) is 6.08 Å². The van der Waals surface area contributed by atoms with E-state index in [0.717, 1.165) is 26.2 Å². The Kier molecular flexibility index (Phi) is 5.83. The van der Waals surface area contributed by atoms with E-state index < -0.39 is 10.0 Å². The van der Waals surface area contributed by atoms with Crippen molar-refractivity contribution in [3.63, 3.8) is 0 Å². The number of amides is 1. The average molecular weight is 450 g/mol. The molecule has 0 radical (unpaired) electrons. The fraction of sp³-hybridized carbons (Fsp3) is 0.0435. The normalized spacial score (nSPS) is 11.6. The molecule has 8 heteroatoms. The summed E-state index contributed by atoms with van der Waals surface area (Å²) < 4.78 is 28.0. The maximum absolute atomic E-state index is 12.5. The fourth-order valence-electron chi connectivity index (χ4n) is 2.94. The summed E-state index contributed by atoms with van der Waals surface area (Å²) in [7, 11) is -3.67. The third kappa shape index (κ3) is 5.36. The van der Waals surface area contributed by atoms with E-state index >= 15 is 0 Å². The van der Waals surface area contributed by atoms with Crippen LogP contribution in [0.2, 0.25) is 0 Å². The minimum absolute atomic E-state index is 0.279. The number of aromatic nitrogens is 1. The van der Waals surface area contributed by atoms with Crippen LogP contribution in [0.4, 0.5) is 11.4 Å².